The van der Waals surface area contributed by atoms with E-state index in [4.69, 9.17) is 0 Å². The van der Waals surface area contributed by atoms with E-state index in [0.29, 0.717) is 18.6 Å². The van der Waals surface area contributed by atoms with Crippen molar-refractivity contribution in [3.63, 3.8) is 0 Å². The Kier molecular flexibility index (Phi) is 5.71. The Morgan fingerprint density at radius 3 is 2.75 bits per heavy atom. The van der Waals surface area contributed by atoms with E-state index in [1.807, 2.05) is 23.2 Å². The third kappa shape index (κ3) is 4.42. The Bertz CT molecular complexity index is 790. The number of nitrogens with zero attached hydrogens (tertiary/aromatic N) is 4. The standard InChI is InChI=1S/C21H28N6O/c1-16(13-18-15-22-7-8-23-18)25-17-5-10-26(11-6-17)19-3-2-4-20(14-19)27-12-9-24-21(27)28/h2-4,7-8,14-17,25H,5-6,9-13H2,1H3,(H,24,28). The summed E-state index contributed by atoms with van der Waals surface area (Å²) in [4.78, 5) is 24.7. The van der Waals surface area contributed by atoms with Gasteiger partial charge in [-0.3, -0.25) is 14.9 Å². The molecule has 2 fully saturated rings. The monoisotopic (exact) mass is 380 g/mol. The lowest BCUT2D eigenvalue weighted by molar-refractivity contribution is 0.252. The fourth-order valence-electron chi connectivity index (χ4n) is 4.09. The molecule has 2 N–H and O–H groups in total. The predicted molar refractivity (Wildman–Crippen MR) is 111 cm³/mol. The molecule has 1 aromatic carbocycles. The molecule has 0 saturated carbocycles. The minimum atomic E-state index is -0.00264. The molecular weight excluding hydrogens is 352 g/mol. The number of rotatable bonds is 6. The molecule has 1 unspecified atom stereocenters. The maximum Gasteiger partial charge on any atom is 0.321 e. The van der Waals surface area contributed by atoms with Crippen LogP contribution in [0.1, 0.15) is 25.5 Å². The average Bonchev–Trinajstić information content (AvgIpc) is 3.15. The second-order valence-electron chi connectivity index (χ2n) is 7.63. The van der Waals surface area contributed by atoms with Gasteiger partial charge in [0.1, 0.15) is 0 Å². The van der Waals surface area contributed by atoms with E-state index >= 15 is 0 Å². The van der Waals surface area contributed by atoms with Crippen LogP contribution in [0.5, 0.6) is 0 Å². The van der Waals surface area contributed by atoms with Gasteiger partial charge in [-0.15, -0.1) is 0 Å². The molecule has 7 nitrogen and oxygen atoms in total. The fraction of sp³-hybridized carbons (Fsp3) is 0.476. The zero-order valence-electron chi connectivity index (χ0n) is 16.3. The first-order chi connectivity index (χ1) is 13.7. The van der Waals surface area contributed by atoms with Crippen molar-refractivity contribution in [2.24, 2.45) is 0 Å². The lowest BCUT2D eigenvalue weighted by Crippen LogP contribution is -2.46. The highest BCUT2D eigenvalue weighted by atomic mass is 16.2. The number of aromatic nitrogens is 2. The summed E-state index contributed by atoms with van der Waals surface area (Å²) in [5.74, 6) is 0. The number of anilines is 2. The van der Waals surface area contributed by atoms with Crippen molar-refractivity contribution in [2.75, 3.05) is 36.0 Å². The van der Waals surface area contributed by atoms with Crippen LogP contribution in [0.3, 0.4) is 0 Å². The Morgan fingerprint density at radius 1 is 1.21 bits per heavy atom. The Morgan fingerprint density at radius 2 is 2.04 bits per heavy atom. The van der Waals surface area contributed by atoms with Crippen LogP contribution in [-0.4, -0.2) is 54.3 Å². The summed E-state index contributed by atoms with van der Waals surface area (Å²) in [6, 6.07) is 9.23. The molecule has 2 saturated heterocycles. The van der Waals surface area contributed by atoms with Crippen LogP contribution in [0.15, 0.2) is 42.9 Å². The second-order valence-corrected chi connectivity index (χ2v) is 7.63. The van der Waals surface area contributed by atoms with Gasteiger partial charge in [0.25, 0.3) is 0 Å². The van der Waals surface area contributed by atoms with Gasteiger partial charge >= 0.3 is 6.03 Å². The van der Waals surface area contributed by atoms with Gasteiger partial charge in [0.15, 0.2) is 0 Å². The normalized spacial score (nSPS) is 19.0. The first kappa shape index (κ1) is 18.7. The van der Waals surface area contributed by atoms with Crippen molar-refractivity contribution >= 4 is 17.4 Å². The van der Waals surface area contributed by atoms with Crippen LogP contribution in [0, 0.1) is 0 Å². The van der Waals surface area contributed by atoms with Gasteiger partial charge in [0, 0.05) is 74.6 Å². The number of nitrogens with one attached hydrogen (secondary N) is 2. The van der Waals surface area contributed by atoms with Crippen molar-refractivity contribution in [1.82, 2.24) is 20.6 Å². The molecule has 2 amide bonds. The van der Waals surface area contributed by atoms with Crippen LogP contribution < -0.4 is 20.4 Å². The summed E-state index contributed by atoms with van der Waals surface area (Å²) in [5.41, 5.74) is 3.20. The molecule has 1 aromatic heterocycles. The SMILES string of the molecule is CC(Cc1cnccn1)NC1CCN(c2cccc(N3CCNC3=O)c2)CC1. The van der Waals surface area contributed by atoms with Gasteiger partial charge in [0.2, 0.25) is 0 Å². The molecule has 28 heavy (non-hydrogen) atoms. The van der Waals surface area contributed by atoms with E-state index in [1.165, 1.54) is 5.69 Å². The minimum Gasteiger partial charge on any atom is -0.371 e. The number of carbonyl (C=O) groups excluding carboxylic acids is 1. The highest BCUT2D eigenvalue weighted by Gasteiger charge is 2.24. The van der Waals surface area contributed by atoms with Gasteiger partial charge in [-0.25, -0.2) is 4.79 Å². The van der Waals surface area contributed by atoms with Crippen molar-refractivity contribution < 1.29 is 4.79 Å². The Balaban J connectivity index is 1.30. The molecular formula is C21H28N6O. The molecule has 4 rings (SSSR count). The molecule has 148 valence electrons. The van der Waals surface area contributed by atoms with Crippen LogP contribution >= 0.6 is 0 Å². The van der Waals surface area contributed by atoms with E-state index in [9.17, 15) is 4.79 Å². The highest BCUT2D eigenvalue weighted by molar-refractivity contribution is 5.94. The Hall–Kier alpha value is -2.67. The van der Waals surface area contributed by atoms with Crippen LogP contribution in [0.25, 0.3) is 0 Å². The summed E-state index contributed by atoms with van der Waals surface area (Å²) < 4.78 is 0. The van der Waals surface area contributed by atoms with Crippen molar-refractivity contribution in [3.8, 4) is 0 Å². The topological polar surface area (TPSA) is 73.4 Å². The van der Waals surface area contributed by atoms with Crippen molar-refractivity contribution in [2.45, 2.75) is 38.3 Å². The van der Waals surface area contributed by atoms with Gasteiger partial charge in [-0.05, 0) is 38.0 Å². The maximum absolute atomic E-state index is 11.9. The van der Waals surface area contributed by atoms with E-state index in [2.05, 4.69) is 44.6 Å². The lowest BCUT2D eigenvalue weighted by atomic mass is 10.0. The molecule has 0 aliphatic carbocycles. The largest absolute Gasteiger partial charge is 0.371 e. The number of urea groups is 1. The number of hydrogen-bond donors (Lipinski definition) is 2. The maximum atomic E-state index is 11.9. The van der Waals surface area contributed by atoms with Gasteiger partial charge < -0.3 is 15.5 Å². The minimum absolute atomic E-state index is 0.00264. The number of carbonyl (C=O) groups is 1. The van der Waals surface area contributed by atoms with Crippen LogP contribution in [0.2, 0.25) is 0 Å². The van der Waals surface area contributed by atoms with Crippen molar-refractivity contribution in [1.29, 1.82) is 0 Å². The van der Waals surface area contributed by atoms with E-state index in [1.54, 1.807) is 12.4 Å². The molecule has 0 radical (unpaired) electrons. The lowest BCUT2D eigenvalue weighted by Gasteiger charge is -2.35. The summed E-state index contributed by atoms with van der Waals surface area (Å²) in [6.45, 7) is 5.70. The fourth-order valence-corrected chi connectivity index (χ4v) is 4.09. The zero-order valence-corrected chi connectivity index (χ0v) is 16.3. The summed E-state index contributed by atoms with van der Waals surface area (Å²) in [5, 5.41) is 6.61. The third-order valence-electron chi connectivity index (χ3n) is 5.51. The van der Waals surface area contributed by atoms with E-state index in [-0.39, 0.29) is 6.03 Å². The quantitative estimate of drug-likeness (QED) is 0.804. The molecule has 1 atom stereocenters. The van der Waals surface area contributed by atoms with Crippen LogP contribution in [-0.2, 0) is 6.42 Å². The van der Waals surface area contributed by atoms with Crippen molar-refractivity contribution in [3.05, 3.63) is 48.5 Å². The number of amides is 2. The van der Waals surface area contributed by atoms with Crippen LogP contribution in [0.4, 0.5) is 16.2 Å². The highest BCUT2D eigenvalue weighted by Crippen LogP contribution is 2.26. The summed E-state index contributed by atoms with van der Waals surface area (Å²) >= 11 is 0. The first-order valence-electron chi connectivity index (χ1n) is 10.1. The molecule has 3 heterocycles. The smallest absolute Gasteiger partial charge is 0.321 e. The second kappa shape index (κ2) is 8.56. The molecule has 0 spiro atoms. The first-order valence-corrected chi connectivity index (χ1v) is 10.1. The molecule has 7 heteroatoms. The molecule has 2 aromatic rings. The Labute approximate surface area is 166 Å². The summed E-state index contributed by atoms with van der Waals surface area (Å²) in [6.07, 6.45) is 8.42. The molecule has 2 aliphatic rings. The summed E-state index contributed by atoms with van der Waals surface area (Å²) in [7, 11) is 0. The number of piperidine rings is 1. The molecule has 2 aliphatic heterocycles. The van der Waals surface area contributed by atoms with E-state index in [0.717, 1.165) is 50.3 Å². The number of benzene rings is 1. The predicted octanol–water partition coefficient (Wildman–Crippen LogP) is 2.20. The molecule has 0 bridgehead atoms. The zero-order chi connectivity index (χ0) is 19.3. The third-order valence-corrected chi connectivity index (χ3v) is 5.51. The van der Waals surface area contributed by atoms with Gasteiger partial charge in [-0.2, -0.15) is 0 Å². The average molecular weight is 380 g/mol. The van der Waals surface area contributed by atoms with E-state index < -0.39 is 0 Å². The van der Waals surface area contributed by atoms with Gasteiger partial charge in [-0.1, -0.05) is 6.07 Å². The number of hydrogen-bond acceptors (Lipinski definition) is 5. The van der Waals surface area contributed by atoms with Gasteiger partial charge in [0.05, 0.1) is 5.69 Å².